The van der Waals surface area contributed by atoms with Crippen molar-refractivity contribution in [1.82, 2.24) is 4.90 Å². The summed E-state index contributed by atoms with van der Waals surface area (Å²) in [4.78, 5) is 28.2. The van der Waals surface area contributed by atoms with E-state index in [-0.39, 0.29) is 29.9 Å². The molecule has 2 aromatic carbocycles. The third kappa shape index (κ3) is 4.73. The maximum Gasteiger partial charge on any atom is 0.325 e. The van der Waals surface area contributed by atoms with Gasteiger partial charge in [0.2, 0.25) is 0 Å². The summed E-state index contributed by atoms with van der Waals surface area (Å²) in [6.45, 7) is 1.71. The van der Waals surface area contributed by atoms with E-state index in [9.17, 15) is 9.59 Å². The van der Waals surface area contributed by atoms with Gasteiger partial charge in [-0.2, -0.15) is 5.26 Å². The molecule has 31 heavy (non-hydrogen) atoms. The van der Waals surface area contributed by atoms with Gasteiger partial charge in [-0.1, -0.05) is 37.3 Å². The Balaban J connectivity index is 2.05. The summed E-state index contributed by atoms with van der Waals surface area (Å²) >= 11 is 5.55. The molecular weight excluding hydrogens is 414 g/mol. The van der Waals surface area contributed by atoms with Gasteiger partial charge in [-0.05, 0) is 48.5 Å². The van der Waals surface area contributed by atoms with Gasteiger partial charge in [-0.15, -0.1) is 0 Å². The zero-order valence-electron chi connectivity index (χ0n) is 17.2. The number of carbonyl (C=O) groups is 2. The van der Waals surface area contributed by atoms with Crippen molar-refractivity contribution in [2.24, 2.45) is 0 Å². The largest absolute Gasteiger partial charge is 0.478 e. The predicted molar refractivity (Wildman–Crippen MR) is 120 cm³/mol. The smallest absolute Gasteiger partial charge is 0.325 e. The van der Waals surface area contributed by atoms with E-state index in [0.717, 1.165) is 12.0 Å². The lowest BCUT2D eigenvalue weighted by atomic mass is 10.1. The number of amides is 1. The van der Waals surface area contributed by atoms with Gasteiger partial charge in [-0.3, -0.25) is 14.5 Å². The van der Waals surface area contributed by atoms with Crippen molar-refractivity contribution in [2.45, 2.75) is 13.3 Å². The van der Waals surface area contributed by atoms with Crippen LogP contribution in [-0.4, -0.2) is 42.2 Å². The first kappa shape index (κ1) is 22.0. The van der Waals surface area contributed by atoms with Gasteiger partial charge >= 0.3 is 5.97 Å². The van der Waals surface area contributed by atoms with E-state index in [2.05, 4.69) is 0 Å². The minimum Gasteiger partial charge on any atom is -0.478 e. The van der Waals surface area contributed by atoms with E-state index in [1.54, 1.807) is 30.3 Å². The molecule has 1 amide bonds. The van der Waals surface area contributed by atoms with Crippen molar-refractivity contribution >= 4 is 41.0 Å². The summed E-state index contributed by atoms with van der Waals surface area (Å²) in [7, 11) is 1.28. The molecule has 0 aliphatic carbocycles. The fourth-order valence-corrected chi connectivity index (χ4v) is 3.47. The number of anilines is 1. The molecule has 1 heterocycles. The highest BCUT2D eigenvalue weighted by Crippen LogP contribution is 2.31. The van der Waals surface area contributed by atoms with Crippen molar-refractivity contribution in [3.63, 3.8) is 0 Å². The Morgan fingerprint density at radius 3 is 2.55 bits per heavy atom. The Hall–Kier alpha value is -3.70. The third-order valence-corrected chi connectivity index (χ3v) is 5.16. The summed E-state index contributed by atoms with van der Waals surface area (Å²) in [5, 5.41) is 9.00. The number of hydrogen-bond donors (Lipinski definition) is 0. The summed E-state index contributed by atoms with van der Waals surface area (Å²) in [5.74, 6) is -0.453. The van der Waals surface area contributed by atoms with Gasteiger partial charge in [0.05, 0.1) is 12.8 Å². The van der Waals surface area contributed by atoms with Crippen molar-refractivity contribution in [3.05, 3.63) is 65.4 Å². The average molecular weight is 436 g/mol. The van der Waals surface area contributed by atoms with Crippen molar-refractivity contribution in [1.29, 1.82) is 5.26 Å². The SMILES string of the molecule is CCc1ccc(N2C(=O)/C(=C\c3ccccc3OCC#N)N(CC(=O)OC)C2=S)cc1. The molecule has 0 spiro atoms. The standard InChI is InChI=1S/C23H21N3O4S/c1-3-16-8-10-18(11-9-16)26-22(28)19(25(23(26)31)15-21(27)29-2)14-17-6-4-5-7-20(17)30-13-12-24/h4-11,14H,3,13,15H2,1-2H3/b19-14+. The van der Waals surface area contributed by atoms with Crippen LogP contribution in [0.1, 0.15) is 18.1 Å². The van der Waals surface area contributed by atoms with E-state index in [4.69, 9.17) is 27.0 Å². The zero-order chi connectivity index (χ0) is 22.4. The molecule has 0 N–H and O–H groups in total. The van der Waals surface area contributed by atoms with E-state index >= 15 is 0 Å². The lowest BCUT2D eigenvalue weighted by Gasteiger charge is -2.19. The van der Waals surface area contributed by atoms with Crippen LogP contribution in [0.3, 0.4) is 0 Å². The van der Waals surface area contributed by atoms with Crippen LogP contribution in [0.15, 0.2) is 54.2 Å². The fourth-order valence-electron chi connectivity index (χ4n) is 3.12. The molecule has 0 atom stereocenters. The minimum absolute atomic E-state index is 0.131. The van der Waals surface area contributed by atoms with Crippen LogP contribution < -0.4 is 9.64 Å². The molecule has 1 aliphatic rings. The van der Waals surface area contributed by atoms with Gasteiger partial charge in [0.15, 0.2) is 11.7 Å². The molecule has 0 unspecified atom stereocenters. The normalized spacial score (nSPS) is 14.7. The maximum absolute atomic E-state index is 13.4. The number of thiocarbonyl (C=S) groups is 1. The first-order chi connectivity index (χ1) is 15.0. The molecular formula is C23H21N3O4S. The van der Waals surface area contributed by atoms with E-state index in [0.29, 0.717) is 17.0 Å². The van der Waals surface area contributed by atoms with Crippen LogP contribution in [0.4, 0.5) is 5.69 Å². The topological polar surface area (TPSA) is 82.9 Å². The third-order valence-electron chi connectivity index (χ3n) is 4.76. The molecule has 0 radical (unpaired) electrons. The van der Waals surface area contributed by atoms with Crippen molar-refractivity contribution in [3.8, 4) is 11.8 Å². The van der Waals surface area contributed by atoms with Crippen LogP contribution in [0.25, 0.3) is 6.08 Å². The number of nitriles is 1. The van der Waals surface area contributed by atoms with Crippen LogP contribution in [0.2, 0.25) is 0 Å². The highest BCUT2D eigenvalue weighted by atomic mass is 32.1. The number of para-hydroxylation sites is 1. The molecule has 2 aromatic rings. The lowest BCUT2D eigenvalue weighted by Crippen LogP contribution is -2.35. The van der Waals surface area contributed by atoms with Gasteiger partial charge in [0.1, 0.15) is 24.1 Å². The number of aryl methyl sites for hydroxylation is 1. The number of nitrogens with zero attached hydrogens (tertiary/aromatic N) is 3. The summed E-state index contributed by atoms with van der Waals surface area (Å²) in [5.41, 5.74) is 2.54. The number of ether oxygens (including phenoxy) is 2. The molecule has 1 saturated heterocycles. The number of methoxy groups -OCH3 is 1. The van der Waals surface area contributed by atoms with Crippen LogP contribution >= 0.6 is 12.2 Å². The molecule has 0 bridgehead atoms. The van der Waals surface area contributed by atoms with Crippen LogP contribution in [0.5, 0.6) is 5.75 Å². The van der Waals surface area contributed by atoms with Crippen molar-refractivity contribution in [2.75, 3.05) is 25.2 Å². The van der Waals surface area contributed by atoms with Crippen LogP contribution in [0, 0.1) is 11.3 Å². The summed E-state index contributed by atoms with van der Waals surface area (Å²) in [6, 6.07) is 16.5. The Morgan fingerprint density at radius 2 is 1.90 bits per heavy atom. The first-order valence-corrected chi connectivity index (χ1v) is 10.0. The Labute approximate surface area is 186 Å². The summed E-state index contributed by atoms with van der Waals surface area (Å²) in [6.07, 6.45) is 2.47. The quantitative estimate of drug-likeness (QED) is 0.375. The number of esters is 1. The van der Waals surface area contributed by atoms with Crippen LogP contribution in [-0.2, 0) is 20.7 Å². The Kier molecular flexibility index (Phi) is 7.00. The molecule has 1 fully saturated rings. The number of carbonyl (C=O) groups excluding carboxylic acids is 2. The van der Waals surface area contributed by atoms with Gasteiger partial charge in [0, 0.05) is 5.56 Å². The second-order valence-electron chi connectivity index (χ2n) is 6.62. The lowest BCUT2D eigenvalue weighted by molar-refractivity contribution is -0.140. The van der Waals surface area contributed by atoms with E-state index in [1.165, 1.54) is 16.9 Å². The second-order valence-corrected chi connectivity index (χ2v) is 6.98. The number of hydrogen-bond acceptors (Lipinski definition) is 6. The molecule has 0 aromatic heterocycles. The molecule has 158 valence electrons. The van der Waals surface area contributed by atoms with E-state index < -0.39 is 5.97 Å². The van der Waals surface area contributed by atoms with E-state index in [1.807, 2.05) is 37.3 Å². The molecule has 1 aliphatic heterocycles. The highest BCUT2D eigenvalue weighted by molar-refractivity contribution is 7.80. The molecule has 0 saturated carbocycles. The predicted octanol–water partition coefficient (Wildman–Crippen LogP) is 3.30. The molecule has 7 nitrogen and oxygen atoms in total. The van der Waals surface area contributed by atoms with Gasteiger partial charge in [-0.25, -0.2) is 0 Å². The maximum atomic E-state index is 13.4. The molecule has 8 heteroatoms. The fraction of sp³-hybridized carbons (Fsp3) is 0.217. The monoisotopic (exact) mass is 435 g/mol. The van der Waals surface area contributed by atoms with Gasteiger partial charge in [0.25, 0.3) is 5.91 Å². The number of rotatable bonds is 7. The molecule has 3 rings (SSSR count). The average Bonchev–Trinajstić information content (AvgIpc) is 3.02. The second kappa shape index (κ2) is 9.87. The Morgan fingerprint density at radius 1 is 1.19 bits per heavy atom. The van der Waals surface area contributed by atoms with Gasteiger partial charge < -0.3 is 14.4 Å². The number of benzene rings is 2. The first-order valence-electron chi connectivity index (χ1n) is 9.62. The van der Waals surface area contributed by atoms with Crippen molar-refractivity contribution < 1.29 is 19.1 Å². The Bertz CT molecular complexity index is 1070. The summed E-state index contributed by atoms with van der Waals surface area (Å²) < 4.78 is 10.2. The minimum atomic E-state index is -0.529. The zero-order valence-corrected chi connectivity index (χ0v) is 18.0. The highest BCUT2D eigenvalue weighted by Gasteiger charge is 2.40.